The van der Waals surface area contributed by atoms with Crippen LogP contribution in [-0.2, 0) is 6.54 Å². The van der Waals surface area contributed by atoms with E-state index in [4.69, 9.17) is 0 Å². The lowest BCUT2D eigenvalue weighted by Crippen LogP contribution is -2.29. The van der Waals surface area contributed by atoms with Crippen molar-refractivity contribution in [2.75, 3.05) is 19.6 Å². The third kappa shape index (κ3) is 2.20. The first-order valence-corrected chi connectivity index (χ1v) is 7.61. The molecule has 6 heteroatoms. The molecule has 5 nitrogen and oxygen atoms in total. The fraction of sp³-hybridized carbons (Fsp3) is 0.375. The van der Waals surface area contributed by atoms with Crippen LogP contribution >= 0.6 is 0 Å². The second-order valence-corrected chi connectivity index (χ2v) is 5.83. The van der Waals surface area contributed by atoms with Crippen molar-refractivity contribution in [3.63, 3.8) is 0 Å². The van der Waals surface area contributed by atoms with E-state index in [0.29, 0.717) is 23.0 Å². The molecule has 1 aliphatic heterocycles. The number of fused-ring (bicyclic) bond motifs is 3. The van der Waals surface area contributed by atoms with Crippen LogP contribution in [0.25, 0.3) is 21.9 Å². The molecule has 0 saturated carbocycles. The molecule has 0 radical (unpaired) electrons. The molecule has 1 N–H and O–H groups in total. The Morgan fingerprint density at radius 3 is 2.86 bits per heavy atom. The number of halogens is 1. The van der Waals surface area contributed by atoms with Crippen LogP contribution in [0, 0.1) is 5.82 Å². The molecule has 3 aromatic rings. The van der Waals surface area contributed by atoms with E-state index >= 15 is 0 Å². The lowest BCUT2D eigenvalue weighted by molar-refractivity contribution is 0.320. The monoisotopic (exact) mass is 300 g/mol. The third-order valence-electron chi connectivity index (χ3n) is 4.39. The van der Waals surface area contributed by atoms with Crippen LogP contribution in [0.2, 0.25) is 0 Å². The highest BCUT2D eigenvalue weighted by molar-refractivity contribution is 6.04. The molecule has 1 aliphatic rings. The van der Waals surface area contributed by atoms with E-state index in [1.807, 2.05) is 0 Å². The largest absolute Gasteiger partial charge is 0.349 e. The molecule has 1 saturated heterocycles. The van der Waals surface area contributed by atoms with Crippen molar-refractivity contribution >= 4 is 21.9 Å². The van der Waals surface area contributed by atoms with E-state index in [2.05, 4.69) is 14.9 Å². The Labute approximate surface area is 126 Å². The number of nitrogens with one attached hydrogen (secondary N) is 1. The standard InChI is InChI=1S/C16H17FN4O/c17-11-3-4-13-12(9-11)14-15(19-13)16(22)21(10-18-14)8-7-20-5-1-2-6-20/h3-4,9-10,19H,1-2,5-8H2. The molecule has 4 rings (SSSR count). The summed E-state index contributed by atoms with van der Waals surface area (Å²) in [7, 11) is 0. The number of rotatable bonds is 3. The Hall–Kier alpha value is -2.21. The lowest BCUT2D eigenvalue weighted by Gasteiger charge is -2.14. The van der Waals surface area contributed by atoms with Gasteiger partial charge in [0.25, 0.3) is 5.56 Å². The molecule has 114 valence electrons. The van der Waals surface area contributed by atoms with Gasteiger partial charge in [0.05, 0.1) is 6.33 Å². The molecule has 22 heavy (non-hydrogen) atoms. The SMILES string of the molecule is O=c1c2[nH]c3ccc(F)cc3c2ncn1CCN1CCCC1. The van der Waals surface area contributed by atoms with Crippen LogP contribution in [0.3, 0.4) is 0 Å². The van der Waals surface area contributed by atoms with Gasteiger partial charge in [-0.15, -0.1) is 0 Å². The van der Waals surface area contributed by atoms with E-state index in [9.17, 15) is 9.18 Å². The first-order valence-electron chi connectivity index (χ1n) is 7.61. The van der Waals surface area contributed by atoms with Gasteiger partial charge in [-0.25, -0.2) is 9.37 Å². The van der Waals surface area contributed by atoms with E-state index < -0.39 is 0 Å². The Balaban J connectivity index is 1.73. The van der Waals surface area contributed by atoms with Crippen LogP contribution in [0.5, 0.6) is 0 Å². The summed E-state index contributed by atoms with van der Waals surface area (Å²) in [4.78, 5) is 22.4. The number of hydrogen-bond donors (Lipinski definition) is 1. The zero-order valence-electron chi connectivity index (χ0n) is 12.2. The Morgan fingerprint density at radius 2 is 2.05 bits per heavy atom. The first-order chi connectivity index (χ1) is 10.7. The second-order valence-electron chi connectivity index (χ2n) is 5.83. The average Bonchev–Trinajstić information content (AvgIpc) is 3.14. The maximum Gasteiger partial charge on any atom is 0.277 e. The summed E-state index contributed by atoms with van der Waals surface area (Å²) < 4.78 is 15.0. The third-order valence-corrected chi connectivity index (χ3v) is 4.39. The van der Waals surface area contributed by atoms with E-state index in [1.54, 1.807) is 17.0 Å². The van der Waals surface area contributed by atoms with Gasteiger partial charge in [0.1, 0.15) is 16.9 Å². The van der Waals surface area contributed by atoms with Crippen molar-refractivity contribution in [2.45, 2.75) is 19.4 Å². The van der Waals surface area contributed by atoms with Crippen LogP contribution in [0.15, 0.2) is 29.3 Å². The minimum Gasteiger partial charge on any atom is -0.349 e. The summed E-state index contributed by atoms with van der Waals surface area (Å²) in [6.45, 7) is 3.71. The van der Waals surface area contributed by atoms with Gasteiger partial charge < -0.3 is 9.88 Å². The number of likely N-dealkylation sites (tertiary alicyclic amines) is 1. The number of hydrogen-bond acceptors (Lipinski definition) is 3. The minimum absolute atomic E-state index is 0.0965. The van der Waals surface area contributed by atoms with Gasteiger partial charge in [-0.2, -0.15) is 0 Å². The number of H-pyrrole nitrogens is 1. The highest BCUT2D eigenvalue weighted by atomic mass is 19.1. The highest BCUT2D eigenvalue weighted by Gasteiger charge is 2.14. The fourth-order valence-corrected chi connectivity index (χ4v) is 3.18. The molecule has 0 amide bonds. The Morgan fingerprint density at radius 1 is 1.23 bits per heavy atom. The van der Waals surface area contributed by atoms with Gasteiger partial charge in [-0.3, -0.25) is 9.36 Å². The van der Waals surface area contributed by atoms with Gasteiger partial charge in [-0.1, -0.05) is 0 Å². The number of aromatic nitrogens is 3. The first kappa shape index (κ1) is 13.5. The molecule has 0 atom stereocenters. The van der Waals surface area contributed by atoms with Crippen LogP contribution in [0.4, 0.5) is 4.39 Å². The number of benzene rings is 1. The molecule has 0 bridgehead atoms. The number of nitrogens with zero attached hydrogens (tertiary/aromatic N) is 3. The maximum atomic E-state index is 13.4. The number of aromatic amines is 1. The van der Waals surface area contributed by atoms with Crippen LogP contribution < -0.4 is 5.56 Å². The molecule has 2 aromatic heterocycles. The highest BCUT2D eigenvalue weighted by Crippen LogP contribution is 2.22. The topological polar surface area (TPSA) is 53.9 Å². The van der Waals surface area contributed by atoms with Crippen LogP contribution in [-0.4, -0.2) is 39.1 Å². The van der Waals surface area contributed by atoms with E-state index in [1.165, 1.54) is 25.0 Å². The van der Waals surface area contributed by atoms with Gasteiger partial charge in [0.2, 0.25) is 0 Å². The molecule has 1 aromatic carbocycles. The van der Waals surface area contributed by atoms with Crippen molar-refractivity contribution in [3.8, 4) is 0 Å². The van der Waals surface area contributed by atoms with E-state index in [-0.39, 0.29) is 11.4 Å². The molecular formula is C16H17FN4O. The average molecular weight is 300 g/mol. The molecule has 0 spiro atoms. The molecule has 0 aliphatic carbocycles. The van der Waals surface area contributed by atoms with E-state index in [0.717, 1.165) is 25.2 Å². The molecule has 1 fully saturated rings. The molecule has 3 heterocycles. The summed E-state index contributed by atoms with van der Waals surface area (Å²) in [5.41, 5.74) is 1.63. The molecular weight excluding hydrogens is 283 g/mol. The second kappa shape index (κ2) is 5.21. The maximum absolute atomic E-state index is 13.4. The van der Waals surface area contributed by atoms with Gasteiger partial charge >= 0.3 is 0 Å². The Kier molecular flexibility index (Phi) is 3.18. The van der Waals surface area contributed by atoms with Crippen molar-refractivity contribution in [1.29, 1.82) is 0 Å². The van der Waals surface area contributed by atoms with Gasteiger partial charge in [0, 0.05) is 24.0 Å². The lowest BCUT2D eigenvalue weighted by atomic mass is 10.2. The van der Waals surface area contributed by atoms with Crippen molar-refractivity contribution in [3.05, 3.63) is 40.7 Å². The minimum atomic E-state index is -0.326. The van der Waals surface area contributed by atoms with Crippen molar-refractivity contribution in [1.82, 2.24) is 19.4 Å². The van der Waals surface area contributed by atoms with Gasteiger partial charge in [0.15, 0.2) is 0 Å². The predicted molar refractivity (Wildman–Crippen MR) is 83.5 cm³/mol. The smallest absolute Gasteiger partial charge is 0.277 e. The Bertz CT molecular complexity index is 892. The normalized spacial score (nSPS) is 16.0. The summed E-state index contributed by atoms with van der Waals surface area (Å²) in [5.74, 6) is -0.326. The summed E-state index contributed by atoms with van der Waals surface area (Å²) in [5, 5.41) is 0.652. The summed E-state index contributed by atoms with van der Waals surface area (Å²) in [6, 6.07) is 4.43. The summed E-state index contributed by atoms with van der Waals surface area (Å²) >= 11 is 0. The fourth-order valence-electron chi connectivity index (χ4n) is 3.18. The van der Waals surface area contributed by atoms with Gasteiger partial charge in [-0.05, 0) is 44.1 Å². The predicted octanol–water partition coefficient (Wildman–Crippen LogP) is 2.11. The van der Waals surface area contributed by atoms with Crippen molar-refractivity contribution in [2.24, 2.45) is 0 Å². The zero-order chi connectivity index (χ0) is 15.1. The van der Waals surface area contributed by atoms with Crippen LogP contribution in [0.1, 0.15) is 12.8 Å². The summed E-state index contributed by atoms with van der Waals surface area (Å²) in [6.07, 6.45) is 4.04. The zero-order valence-corrected chi connectivity index (χ0v) is 12.2. The molecule has 0 unspecified atom stereocenters. The quantitative estimate of drug-likeness (QED) is 0.806. The van der Waals surface area contributed by atoms with Crippen molar-refractivity contribution < 1.29 is 4.39 Å².